The van der Waals surface area contributed by atoms with Gasteiger partial charge in [0.2, 0.25) is 5.91 Å². The van der Waals surface area contributed by atoms with Gasteiger partial charge >= 0.3 is 0 Å². The molecular weight excluding hydrogens is 304 g/mol. The Morgan fingerprint density at radius 2 is 2.04 bits per heavy atom. The molecule has 0 spiro atoms. The van der Waals surface area contributed by atoms with Gasteiger partial charge in [-0.2, -0.15) is 0 Å². The molecule has 0 saturated carbocycles. The summed E-state index contributed by atoms with van der Waals surface area (Å²) in [5.41, 5.74) is 1.55. The summed E-state index contributed by atoms with van der Waals surface area (Å²) in [5, 5.41) is 11.9. The second-order valence-electron chi connectivity index (χ2n) is 5.28. The van der Waals surface area contributed by atoms with Gasteiger partial charge in [-0.05, 0) is 30.3 Å². The highest BCUT2D eigenvalue weighted by Crippen LogP contribution is 2.19. The predicted molar refractivity (Wildman–Crippen MR) is 90.1 cm³/mol. The summed E-state index contributed by atoms with van der Waals surface area (Å²) in [4.78, 5) is 12.0. The third-order valence-electron chi connectivity index (χ3n) is 3.65. The van der Waals surface area contributed by atoms with Crippen LogP contribution in [0.25, 0.3) is 22.7 Å². The molecule has 0 fully saturated rings. The number of nitrogens with zero attached hydrogens (tertiary/aromatic N) is 3. The average molecular weight is 318 g/mol. The van der Waals surface area contributed by atoms with E-state index < -0.39 is 0 Å². The fourth-order valence-corrected chi connectivity index (χ4v) is 2.48. The van der Waals surface area contributed by atoms with E-state index in [-0.39, 0.29) is 5.91 Å². The summed E-state index contributed by atoms with van der Waals surface area (Å²) in [6.07, 6.45) is 4.96. The molecule has 4 aromatic rings. The molecule has 24 heavy (non-hydrogen) atoms. The number of hydrogen-bond acceptors (Lipinski definition) is 4. The lowest BCUT2D eigenvalue weighted by Gasteiger charge is -2.00. The van der Waals surface area contributed by atoms with Gasteiger partial charge in [0.1, 0.15) is 11.3 Å². The first-order chi connectivity index (χ1) is 11.8. The van der Waals surface area contributed by atoms with Crippen molar-refractivity contribution < 1.29 is 9.21 Å². The smallest absolute Gasteiger partial charge is 0.244 e. The Balaban J connectivity index is 1.42. The number of hydrogen-bond donors (Lipinski definition) is 1. The van der Waals surface area contributed by atoms with Crippen LogP contribution in [0.15, 0.2) is 65.2 Å². The Hall–Kier alpha value is -3.41. The van der Waals surface area contributed by atoms with Crippen molar-refractivity contribution in [3.8, 4) is 0 Å². The standard InChI is InChI=1S/C18H14N4O2/c23-18(9-8-14-11-13-5-1-2-6-15(13)24-14)19-12-17-21-20-16-7-3-4-10-22(16)17/h1-11H,12H2,(H,19,23)/b9-8+. The van der Waals surface area contributed by atoms with Gasteiger partial charge in [0.25, 0.3) is 0 Å². The van der Waals surface area contributed by atoms with E-state index in [1.54, 1.807) is 6.08 Å². The van der Waals surface area contributed by atoms with Crippen molar-refractivity contribution >= 4 is 28.6 Å². The van der Waals surface area contributed by atoms with Crippen LogP contribution >= 0.6 is 0 Å². The van der Waals surface area contributed by atoms with E-state index >= 15 is 0 Å². The zero-order valence-corrected chi connectivity index (χ0v) is 12.7. The average Bonchev–Trinajstić information content (AvgIpc) is 3.21. The topological polar surface area (TPSA) is 72.4 Å². The van der Waals surface area contributed by atoms with Crippen molar-refractivity contribution in [1.29, 1.82) is 0 Å². The van der Waals surface area contributed by atoms with Gasteiger partial charge in [0, 0.05) is 17.7 Å². The van der Waals surface area contributed by atoms with E-state index in [0.29, 0.717) is 18.1 Å². The number of fused-ring (bicyclic) bond motifs is 2. The van der Waals surface area contributed by atoms with Crippen molar-refractivity contribution in [3.05, 3.63) is 72.4 Å². The third kappa shape index (κ3) is 2.77. The van der Waals surface area contributed by atoms with Gasteiger partial charge in [-0.15, -0.1) is 10.2 Å². The highest BCUT2D eigenvalue weighted by Gasteiger charge is 2.05. The highest BCUT2D eigenvalue weighted by molar-refractivity contribution is 5.92. The van der Waals surface area contributed by atoms with Crippen LogP contribution in [0.3, 0.4) is 0 Å². The molecule has 0 radical (unpaired) electrons. The molecule has 0 saturated heterocycles. The number of carbonyl (C=O) groups is 1. The second kappa shape index (κ2) is 6.00. The zero-order chi connectivity index (χ0) is 16.4. The number of amides is 1. The van der Waals surface area contributed by atoms with Gasteiger partial charge in [-0.25, -0.2) is 0 Å². The molecule has 118 valence electrons. The predicted octanol–water partition coefficient (Wildman–Crippen LogP) is 2.81. The Labute approximate surface area is 137 Å². The molecule has 1 aromatic carbocycles. The first kappa shape index (κ1) is 14.2. The lowest BCUT2D eigenvalue weighted by molar-refractivity contribution is -0.116. The molecule has 1 N–H and O–H groups in total. The van der Waals surface area contributed by atoms with Crippen molar-refractivity contribution in [2.24, 2.45) is 0 Å². The number of carbonyl (C=O) groups excluding carboxylic acids is 1. The minimum Gasteiger partial charge on any atom is -0.457 e. The van der Waals surface area contributed by atoms with Crippen LogP contribution in [0.5, 0.6) is 0 Å². The number of nitrogens with one attached hydrogen (secondary N) is 1. The van der Waals surface area contributed by atoms with Crippen molar-refractivity contribution in [3.63, 3.8) is 0 Å². The highest BCUT2D eigenvalue weighted by atomic mass is 16.3. The Kier molecular flexibility index (Phi) is 3.55. The molecular formula is C18H14N4O2. The van der Waals surface area contributed by atoms with Gasteiger partial charge < -0.3 is 9.73 Å². The molecule has 0 bridgehead atoms. The van der Waals surface area contributed by atoms with Crippen LogP contribution < -0.4 is 5.32 Å². The summed E-state index contributed by atoms with van der Waals surface area (Å²) in [7, 11) is 0. The Morgan fingerprint density at radius 1 is 1.17 bits per heavy atom. The van der Waals surface area contributed by atoms with Crippen LogP contribution in [0, 0.1) is 0 Å². The summed E-state index contributed by atoms with van der Waals surface area (Å²) in [5.74, 6) is 1.10. The normalized spacial score (nSPS) is 11.5. The molecule has 6 heteroatoms. The molecule has 0 aliphatic carbocycles. The molecule has 4 rings (SSSR count). The minimum absolute atomic E-state index is 0.219. The lowest BCUT2D eigenvalue weighted by atomic mass is 10.2. The number of rotatable bonds is 4. The van der Waals surface area contributed by atoms with E-state index in [2.05, 4.69) is 15.5 Å². The lowest BCUT2D eigenvalue weighted by Crippen LogP contribution is -2.21. The number of furan rings is 1. The maximum Gasteiger partial charge on any atom is 0.244 e. The molecule has 0 unspecified atom stereocenters. The van der Waals surface area contributed by atoms with E-state index in [1.807, 2.05) is 59.1 Å². The Morgan fingerprint density at radius 3 is 2.96 bits per heavy atom. The summed E-state index contributed by atoms with van der Waals surface area (Å²) in [6, 6.07) is 15.3. The van der Waals surface area contributed by atoms with Crippen LogP contribution in [0.1, 0.15) is 11.6 Å². The van der Waals surface area contributed by atoms with Crippen molar-refractivity contribution in [2.75, 3.05) is 0 Å². The molecule has 0 atom stereocenters. The van der Waals surface area contributed by atoms with E-state index in [4.69, 9.17) is 4.42 Å². The van der Waals surface area contributed by atoms with E-state index in [0.717, 1.165) is 16.6 Å². The Bertz CT molecular complexity index is 1010. The number of aromatic nitrogens is 3. The molecule has 3 heterocycles. The number of para-hydroxylation sites is 1. The SMILES string of the molecule is O=C(/C=C/c1cc2ccccc2o1)NCc1nnc2ccccn12. The molecule has 6 nitrogen and oxygen atoms in total. The molecule has 0 aliphatic rings. The van der Waals surface area contributed by atoms with E-state index in [9.17, 15) is 4.79 Å². The van der Waals surface area contributed by atoms with Crippen molar-refractivity contribution in [1.82, 2.24) is 19.9 Å². The van der Waals surface area contributed by atoms with Gasteiger partial charge in [0.05, 0.1) is 6.54 Å². The second-order valence-corrected chi connectivity index (χ2v) is 5.28. The molecule has 3 aromatic heterocycles. The molecule has 0 aliphatic heterocycles. The fraction of sp³-hybridized carbons (Fsp3) is 0.0556. The number of pyridine rings is 1. The maximum atomic E-state index is 12.0. The van der Waals surface area contributed by atoms with Crippen LogP contribution in [0.4, 0.5) is 0 Å². The van der Waals surface area contributed by atoms with Gasteiger partial charge in [-0.3, -0.25) is 9.20 Å². The first-order valence-electron chi connectivity index (χ1n) is 7.53. The summed E-state index contributed by atoms with van der Waals surface area (Å²) >= 11 is 0. The van der Waals surface area contributed by atoms with Crippen LogP contribution in [-0.4, -0.2) is 20.5 Å². The van der Waals surface area contributed by atoms with Crippen LogP contribution in [-0.2, 0) is 11.3 Å². The van der Waals surface area contributed by atoms with Crippen molar-refractivity contribution in [2.45, 2.75) is 6.54 Å². The summed E-state index contributed by atoms with van der Waals surface area (Å²) in [6.45, 7) is 0.300. The number of benzene rings is 1. The summed E-state index contributed by atoms with van der Waals surface area (Å²) < 4.78 is 7.47. The minimum atomic E-state index is -0.219. The van der Waals surface area contributed by atoms with Gasteiger partial charge in [0.15, 0.2) is 11.5 Å². The maximum absolute atomic E-state index is 12.0. The fourth-order valence-electron chi connectivity index (χ4n) is 2.48. The van der Waals surface area contributed by atoms with Gasteiger partial charge in [-0.1, -0.05) is 24.3 Å². The van der Waals surface area contributed by atoms with Crippen LogP contribution in [0.2, 0.25) is 0 Å². The first-order valence-corrected chi connectivity index (χ1v) is 7.53. The van der Waals surface area contributed by atoms with E-state index in [1.165, 1.54) is 6.08 Å². The third-order valence-corrected chi connectivity index (χ3v) is 3.65. The molecule has 1 amide bonds. The monoisotopic (exact) mass is 318 g/mol. The quantitative estimate of drug-likeness (QED) is 0.587. The zero-order valence-electron chi connectivity index (χ0n) is 12.7. The largest absolute Gasteiger partial charge is 0.457 e.